The summed E-state index contributed by atoms with van der Waals surface area (Å²) in [5, 5.41) is 13.0. The monoisotopic (exact) mass is 283 g/mol. The van der Waals surface area contributed by atoms with Crippen molar-refractivity contribution in [1.29, 1.82) is 0 Å². The molecule has 0 saturated heterocycles. The van der Waals surface area contributed by atoms with Crippen molar-refractivity contribution >= 4 is 17.3 Å². The second-order valence-electron chi connectivity index (χ2n) is 4.08. The molecule has 0 fully saturated rings. The van der Waals surface area contributed by atoms with Gasteiger partial charge in [-0.3, -0.25) is 0 Å². The minimum absolute atomic E-state index is 0.0563. The van der Waals surface area contributed by atoms with Crippen LogP contribution in [0.3, 0.4) is 0 Å². The summed E-state index contributed by atoms with van der Waals surface area (Å²) >= 11 is 5.75. The molecular formula is C14H12ClF2NO. The molecule has 2 nitrogen and oxygen atoms in total. The van der Waals surface area contributed by atoms with Crippen LogP contribution in [0.4, 0.5) is 14.5 Å². The minimum Gasteiger partial charge on any atom is -0.387 e. The molecule has 1 unspecified atom stereocenters. The van der Waals surface area contributed by atoms with E-state index in [9.17, 15) is 13.9 Å². The van der Waals surface area contributed by atoms with Crippen LogP contribution in [0.1, 0.15) is 11.7 Å². The van der Waals surface area contributed by atoms with Crippen molar-refractivity contribution in [3.63, 3.8) is 0 Å². The zero-order valence-electron chi connectivity index (χ0n) is 9.91. The molecule has 0 aliphatic rings. The maximum atomic E-state index is 13.4. The fraction of sp³-hybridized carbons (Fsp3) is 0.143. The standard InChI is InChI=1S/C14H12ClF2NO/c15-10-4-5-12(17)13(7-10)18-8-14(19)9-2-1-3-11(16)6-9/h1-7,14,18-19H,8H2. The van der Waals surface area contributed by atoms with E-state index in [1.54, 1.807) is 6.07 Å². The van der Waals surface area contributed by atoms with E-state index in [0.717, 1.165) is 0 Å². The van der Waals surface area contributed by atoms with E-state index in [1.807, 2.05) is 0 Å². The average molecular weight is 284 g/mol. The van der Waals surface area contributed by atoms with Crippen molar-refractivity contribution < 1.29 is 13.9 Å². The third-order valence-electron chi connectivity index (χ3n) is 2.65. The smallest absolute Gasteiger partial charge is 0.146 e. The molecular weight excluding hydrogens is 272 g/mol. The van der Waals surface area contributed by atoms with Crippen LogP contribution in [0.15, 0.2) is 42.5 Å². The number of nitrogens with one attached hydrogen (secondary N) is 1. The molecule has 2 aromatic rings. The topological polar surface area (TPSA) is 32.3 Å². The van der Waals surface area contributed by atoms with Crippen LogP contribution in [-0.2, 0) is 0 Å². The van der Waals surface area contributed by atoms with Gasteiger partial charge in [-0.05, 0) is 35.9 Å². The molecule has 0 aliphatic heterocycles. The number of benzene rings is 2. The summed E-state index contributed by atoms with van der Waals surface area (Å²) < 4.78 is 26.4. The highest BCUT2D eigenvalue weighted by Gasteiger charge is 2.10. The first-order valence-electron chi connectivity index (χ1n) is 5.69. The lowest BCUT2D eigenvalue weighted by molar-refractivity contribution is 0.191. The van der Waals surface area contributed by atoms with E-state index in [0.29, 0.717) is 10.6 Å². The lowest BCUT2D eigenvalue weighted by Crippen LogP contribution is -2.13. The largest absolute Gasteiger partial charge is 0.387 e. The summed E-state index contributed by atoms with van der Waals surface area (Å²) in [6.07, 6.45) is -0.936. The van der Waals surface area contributed by atoms with Crippen LogP contribution in [0.25, 0.3) is 0 Å². The Labute approximate surface area is 114 Å². The minimum atomic E-state index is -0.936. The highest BCUT2D eigenvalue weighted by atomic mass is 35.5. The molecule has 0 bridgehead atoms. The van der Waals surface area contributed by atoms with Crippen LogP contribution in [0.5, 0.6) is 0 Å². The number of anilines is 1. The van der Waals surface area contributed by atoms with Crippen molar-refractivity contribution in [2.75, 3.05) is 11.9 Å². The van der Waals surface area contributed by atoms with Gasteiger partial charge in [-0.2, -0.15) is 0 Å². The highest BCUT2D eigenvalue weighted by Crippen LogP contribution is 2.21. The first kappa shape index (κ1) is 13.8. The average Bonchev–Trinajstić information content (AvgIpc) is 2.39. The Hall–Kier alpha value is -1.65. The third kappa shape index (κ3) is 3.66. The van der Waals surface area contributed by atoms with Gasteiger partial charge in [-0.25, -0.2) is 8.78 Å². The Balaban J connectivity index is 2.04. The van der Waals surface area contributed by atoms with Crippen LogP contribution in [0.2, 0.25) is 5.02 Å². The first-order valence-corrected chi connectivity index (χ1v) is 6.06. The lowest BCUT2D eigenvalue weighted by Gasteiger charge is -2.14. The fourth-order valence-electron chi connectivity index (χ4n) is 1.67. The van der Waals surface area contributed by atoms with Crippen molar-refractivity contribution in [1.82, 2.24) is 0 Å². The summed E-state index contributed by atoms with van der Waals surface area (Å²) in [6.45, 7) is 0.0563. The summed E-state index contributed by atoms with van der Waals surface area (Å²) in [5.41, 5.74) is 0.623. The highest BCUT2D eigenvalue weighted by molar-refractivity contribution is 6.30. The van der Waals surface area contributed by atoms with E-state index in [1.165, 1.54) is 36.4 Å². The van der Waals surface area contributed by atoms with Crippen LogP contribution < -0.4 is 5.32 Å². The van der Waals surface area contributed by atoms with Crippen LogP contribution >= 0.6 is 11.6 Å². The molecule has 2 rings (SSSR count). The van der Waals surface area contributed by atoms with Gasteiger partial charge in [0.25, 0.3) is 0 Å². The number of hydrogen-bond acceptors (Lipinski definition) is 2. The van der Waals surface area contributed by atoms with Gasteiger partial charge < -0.3 is 10.4 Å². The van der Waals surface area contributed by atoms with Gasteiger partial charge in [0.05, 0.1) is 11.8 Å². The zero-order chi connectivity index (χ0) is 13.8. The Kier molecular flexibility index (Phi) is 4.35. The number of aliphatic hydroxyl groups is 1. The normalized spacial score (nSPS) is 12.2. The van der Waals surface area contributed by atoms with E-state index >= 15 is 0 Å². The summed E-state index contributed by atoms with van der Waals surface area (Å²) in [6, 6.07) is 9.73. The molecule has 0 amide bonds. The molecule has 2 aromatic carbocycles. The Morgan fingerprint density at radius 3 is 2.68 bits per heavy atom. The first-order chi connectivity index (χ1) is 9.06. The number of aliphatic hydroxyl groups excluding tert-OH is 1. The third-order valence-corrected chi connectivity index (χ3v) is 2.88. The summed E-state index contributed by atoms with van der Waals surface area (Å²) in [4.78, 5) is 0. The van der Waals surface area contributed by atoms with Crippen molar-refractivity contribution in [3.05, 3.63) is 64.7 Å². The number of hydrogen-bond donors (Lipinski definition) is 2. The van der Waals surface area contributed by atoms with Crippen LogP contribution in [0, 0.1) is 11.6 Å². The second kappa shape index (κ2) is 5.99. The molecule has 0 aliphatic carbocycles. The van der Waals surface area contributed by atoms with E-state index in [2.05, 4.69) is 5.32 Å². The number of halogens is 3. The second-order valence-corrected chi connectivity index (χ2v) is 4.51. The molecule has 0 radical (unpaired) electrons. The molecule has 2 N–H and O–H groups in total. The summed E-state index contributed by atoms with van der Waals surface area (Å²) in [5.74, 6) is -0.888. The van der Waals surface area contributed by atoms with Gasteiger partial charge >= 0.3 is 0 Å². The van der Waals surface area contributed by atoms with Gasteiger partial charge in [0.2, 0.25) is 0 Å². The van der Waals surface area contributed by atoms with Crippen molar-refractivity contribution in [2.45, 2.75) is 6.10 Å². The van der Waals surface area contributed by atoms with Gasteiger partial charge in [0.1, 0.15) is 11.6 Å². The molecule has 5 heteroatoms. The molecule has 0 saturated carbocycles. The van der Waals surface area contributed by atoms with Gasteiger partial charge in [0.15, 0.2) is 0 Å². The van der Waals surface area contributed by atoms with Gasteiger partial charge in [-0.1, -0.05) is 23.7 Å². The Bertz CT molecular complexity index is 577. The van der Waals surface area contributed by atoms with E-state index in [-0.39, 0.29) is 12.2 Å². The SMILES string of the molecule is OC(CNc1cc(Cl)ccc1F)c1cccc(F)c1. The summed E-state index contributed by atoms with van der Waals surface area (Å²) in [7, 11) is 0. The maximum absolute atomic E-state index is 13.4. The predicted molar refractivity (Wildman–Crippen MR) is 71.3 cm³/mol. The molecule has 1 atom stereocenters. The lowest BCUT2D eigenvalue weighted by atomic mass is 10.1. The quantitative estimate of drug-likeness (QED) is 0.895. The fourth-order valence-corrected chi connectivity index (χ4v) is 1.84. The molecule has 100 valence electrons. The van der Waals surface area contributed by atoms with Crippen LogP contribution in [-0.4, -0.2) is 11.7 Å². The molecule has 0 aromatic heterocycles. The van der Waals surface area contributed by atoms with Gasteiger partial charge in [-0.15, -0.1) is 0 Å². The predicted octanol–water partition coefficient (Wildman–Crippen LogP) is 3.76. The molecule has 0 heterocycles. The van der Waals surface area contributed by atoms with Crippen molar-refractivity contribution in [3.8, 4) is 0 Å². The van der Waals surface area contributed by atoms with Gasteiger partial charge in [0, 0.05) is 11.6 Å². The number of rotatable bonds is 4. The van der Waals surface area contributed by atoms with E-state index < -0.39 is 17.7 Å². The van der Waals surface area contributed by atoms with Crippen molar-refractivity contribution in [2.24, 2.45) is 0 Å². The molecule has 19 heavy (non-hydrogen) atoms. The Morgan fingerprint density at radius 2 is 1.95 bits per heavy atom. The molecule has 0 spiro atoms. The zero-order valence-corrected chi connectivity index (χ0v) is 10.7. The maximum Gasteiger partial charge on any atom is 0.146 e. The van der Waals surface area contributed by atoms with E-state index in [4.69, 9.17) is 11.6 Å². The Morgan fingerprint density at radius 1 is 1.16 bits per heavy atom.